The highest BCUT2D eigenvalue weighted by molar-refractivity contribution is 7.89. The molecule has 2 saturated carbocycles. The van der Waals surface area contributed by atoms with E-state index < -0.39 is 10.0 Å². The number of nitrogens with zero attached hydrogens (tertiary/aromatic N) is 1. The average molecular weight is 436 g/mol. The van der Waals surface area contributed by atoms with Crippen molar-refractivity contribution in [3.8, 4) is 0 Å². The molecule has 3 N–H and O–H groups in total. The van der Waals surface area contributed by atoms with Gasteiger partial charge in [-0.05, 0) is 61.8 Å². The Morgan fingerprint density at radius 2 is 1.78 bits per heavy atom. The van der Waals surface area contributed by atoms with E-state index >= 15 is 0 Å². The van der Waals surface area contributed by atoms with Crippen LogP contribution in [0.2, 0.25) is 5.02 Å². The molecule has 2 unspecified atom stereocenters. The molecule has 0 aliphatic heterocycles. The van der Waals surface area contributed by atoms with Crippen LogP contribution in [0.25, 0.3) is 0 Å². The Bertz CT molecular complexity index is 744. The number of benzene rings is 1. The third-order valence-corrected chi connectivity index (χ3v) is 7.66. The lowest BCUT2D eigenvalue weighted by Crippen LogP contribution is -2.55. The van der Waals surface area contributed by atoms with Gasteiger partial charge in [-0.2, -0.15) is 4.31 Å². The van der Waals surface area contributed by atoms with Gasteiger partial charge in [0.05, 0.1) is 11.4 Å². The topological polar surface area (TPSA) is 92.5 Å². The Labute approximate surface area is 172 Å². The highest BCUT2D eigenvalue weighted by atomic mass is 35.5. The van der Waals surface area contributed by atoms with Crippen molar-refractivity contribution in [2.24, 2.45) is 17.6 Å². The van der Waals surface area contributed by atoms with Crippen LogP contribution in [0, 0.1) is 11.8 Å². The van der Waals surface area contributed by atoms with Crippen LogP contribution in [-0.2, 0) is 14.8 Å². The number of hydrogen-bond acceptors (Lipinski definition) is 4. The summed E-state index contributed by atoms with van der Waals surface area (Å²) in [6, 6.07) is 6.26. The fraction of sp³-hybridized carbons (Fsp3) is 0.611. The standard InChI is InChI=1S/C18H26ClN3O3S.ClH/c1-22(26(24,25)16-7-5-14(19)6-8-16)11-17(23)21-18-12-3-2-4-13(18)10-15(20)9-12;/h5-8,12-13,15,18H,2-4,9-11,20H2,1H3,(H,21,23);1H. The summed E-state index contributed by atoms with van der Waals surface area (Å²) < 4.78 is 26.3. The quantitative estimate of drug-likeness (QED) is 0.742. The minimum absolute atomic E-state index is 0. The maximum atomic E-state index is 12.6. The van der Waals surface area contributed by atoms with Crippen molar-refractivity contribution in [2.75, 3.05) is 13.6 Å². The van der Waals surface area contributed by atoms with Crippen LogP contribution < -0.4 is 11.1 Å². The van der Waals surface area contributed by atoms with Crippen molar-refractivity contribution in [3.05, 3.63) is 29.3 Å². The zero-order chi connectivity index (χ0) is 18.9. The lowest BCUT2D eigenvalue weighted by Gasteiger charge is -2.45. The van der Waals surface area contributed by atoms with Gasteiger partial charge in [0.2, 0.25) is 15.9 Å². The molecule has 2 fully saturated rings. The first kappa shape index (κ1) is 22.4. The molecule has 2 aliphatic carbocycles. The summed E-state index contributed by atoms with van der Waals surface area (Å²) in [5.41, 5.74) is 6.12. The monoisotopic (exact) mass is 435 g/mol. The van der Waals surface area contributed by atoms with E-state index in [1.54, 1.807) is 0 Å². The lowest BCUT2D eigenvalue weighted by atomic mass is 9.67. The molecule has 1 aromatic carbocycles. The summed E-state index contributed by atoms with van der Waals surface area (Å²) in [7, 11) is -2.31. The van der Waals surface area contributed by atoms with E-state index in [-0.39, 0.29) is 41.8 Å². The van der Waals surface area contributed by atoms with Crippen LogP contribution >= 0.6 is 24.0 Å². The van der Waals surface area contributed by atoms with Gasteiger partial charge in [-0.3, -0.25) is 4.79 Å². The molecule has 3 rings (SSSR count). The van der Waals surface area contributed by atoms with Crippen molar-refractivity contribution in [2.45, 2.75) is 49.1 Å². The minimum Gasteiger partial charge on any atom is -0.352 e. The summed E-state index contributed by atoms with van der Waals surface area (Å²) in [6.45, 7) is -0.201. The zero-order valence-corrected chi connectivity index (χ0v) is 17.7. The number of likely N-dealkylation sites (N-methyl/N-ethyl adjacent to an activating group) is 1. The number of nitrogens with two attached hydrogens (primary N) is 1. The number of halogens is 2. The number of sulfonamides is 1. The molecule has 6 nitrogen and oxygen atoms in total. The number of carbonyl (C=O) groups excluding carboxylic acids is 1. The number of hydrogen-bond donors (Lipinski definition) is 2. The first-order chi connectivity index (χ1) is 12.3. The average Bonchev–Trinajstić information content (AvgIpc) is 2.56. The molecule has 0 saturated heterocycles. The van der Waals surface area contributed by atoms with Crippen LogP contribution in [0.15, 0.2) is 29.2 Å². The van der Waals surface area contributed by atoms with Crippen LogP contribution in [-0.4, -0.2) is 44.3 Å². The van der Waals surface area contributed by atoms with Gasteiger partial charge in [-0.1, -0.05) is 18.0 Å². The van der Waals surface area contributed by atoms with Crippen LogP contribution in [0.4, 0.5) is 0 Å². The SMILES string of the molecule is CN(CC(=O)NC1C2CCCC1CC(N)C2)S(=O)(=O)c1ccc(Cl)cc1.Cl. The highest BCUT2D eigenvalue weighted by Crippen LogP contribution is 2.39. The number of carbonyl (C=O) groups is 1. The fourth-order valence-corrected chi connectivity index (χ4v) is 5.58. The van der Waals surface area contributed by atoms with Crippen LogP contribution in [0.3, 0.4) is 0 Å². The predicted molar refractivity (Wildman–Crippen MR) is 108 cm³/mol. The van der Waals surface area contributed by atoms with Gasteiger partial charge in [0.1, 0.15) is 0 Å². The molecule has 2 aliphatic rings. The number of amides is 1. The Morgan fingerprint density at radius 3 is 2.33 bits per heavy atom. The summed E-state index contributed by atoms with van der Waals surface area (Å²) in [6.07, 6.45) is 5.20. The maximum absolute atomic E-state index is 12.6. The van der Waals surface area contributed by atoms with Crippen LogP contribution in [0.1, 0.15) is 32.1 Å². The van der Waals surface area contributed by atoms with E-state index in [2.05, 4.69) is 5.32 Å². The number of rotatable bonds is 5. The summed E-state index contributed by atoms with van der Waals surface area (Å²) in [5, 5.41) is 3.55. The second-order valence-corrected chi connectivity index (χ2v) is 9.97. The Morgan fingerprint density at radius 1 is 1.22 bits per heavy atom. The molecule has 2 atom stereocenters. The smallest absolute Gasteiger partial charge is 0.243 e. The van der Waals surface area contributed by atoms with Crippen molar-refractivity contribution < 1.29 is 13.2 Å². The third-order valence-electron chi connectivity index (χ3n) is 5.59. The van der Waals surface area contributed by atoms with Crippen molar-refractivity contribution in [1.82, 2.24) is 9.62 Å². The Balaban J connectivity index is 0.00000261. The van der Waals surface area contributed by atoms with Gasteiger partial charge in [0.15, 0.2) is 0 Å². The second kappa shape index (κ2) is 9.09. The number of fused-ring (bicyclic) bond motifs is 2. The molecule has 0 spiro atoms. The summed E-state index contributed by atoms with van der Waals surface area (Å²) >= 11 is 5.81. The second-order valence-electron chi connectivity index (χ2n) is 7.49. The van der Waals surface area contributed by atoms with Gasteiger partial charge >= 0.3 is 0 Å². The van der Waals surface area contributed by atoms with Gasteiger partial charge < -0.3 is 11.1 Å². The first-order valence-electron chi connectivity index (χ1n) is 9.04. The zero-order valence-electron chi connectivity index (χ0n) is 15.3. The van der Waals surface area contributed by atoms with Crippen molar-refractivity contribution >= 4 is 39.9 Å². The predicted octanol–water partition coefficient (Wildman–Crippen LogP) is 2.40. The molecule has 152 valence electrons. The Kier molecular flexibility index (Phi) is 7.55. The fourth-order valence-electron chi connectivity index (χ4n) is 4.33. The van der Waals surface area contributed by atoms with Gasteiger partial charge in [0, 0.05) is 24.2 Å². The molecule has 27 heavy (non-hydrogen) atoms. The molecular weight excluding hydrogens is 409 g/mol. The molecule has 9 heteroatoms. The summed E-state index contributed by atoms with van der Waals surface area (Å²) in [5.74, 6) is 0.543. The van der Waals surface area contributed by atoms with E-state index in [9.17, 15) is 13.2 Å². The van der Waals surface area contributed by atoms with E-state index in [1.807, 2.05) is 0 Å². The molecule has 2 bridgehead atoms. The first-order valence-corrected chi connectivity index (χ1v) is 10.9. The van der Waals surface area contributed by atoms with E-state index in [0.717, 1.165) is 30.0 Å². The molecule has 1 aromatic rings. The highest BCUT2D eigenvalue weighted by Gasteiger charge is 2.40. The van der Waals surface area contributed by atoms with Gasteiger partial charge in [-0.15, -0.1) is 12.4 Å². The molecule has 0 aromatic heterocycles. The molecular formula is C18H27Cl2N3O3S. The van der Waals surface area contributed by atoms with E-state index in [1.165, 1.54) is 37.7 Å². The summed E-state index contributed by atoms with van der Waals surface area (Å²) in [4.78, 5) is 12.6. The molecule has 1 amide bonds. The van der Waals surface area contributed by atoms with Crippen molar-refractivity contribution in [1.29, 1.82) is 0 Å². The number of nitrogens with one attached hydrogen (secondary N) is 1. The largest absolute Gasteiger partial charge is 0.352 e. The van der Waals surface area contributed by atoms with Gasteiger partial charge in [0.25, 0.3) is 0 Å². The van der Waals surface area contributed by atoms with Gasteiger partial charge in [-0.25, -0.2) is 8.42 Å². The molecule has 0 radical (unpaired) electrons. The molecule has 0 heterocycles. The lowest BCUT2D eigenvalue weighted by molar-refractivity contribution is -0.123. The minimum atomic E-state index is -3.73. The van der Waals surface area contributed by atoms with E-state index in [4.69, 9.17) is 17.3 Å². The van der Waals surface area contributed by atoms with Crippen LogP contribution in [0.5, 0.6) is 0 Å². The Hall–Kier alpha value is -0.860. The maximum Gasteiger partial charge on any atom is 0.243 e. The van der Waals surface area contributed by atoms with Crippen molar-refractivity contribution in [3.63, 3.8) is 0 Å². The van der Waals surface area contributed by atoms with E-state index in [0.29, 0.717) is 16.9 Å². The third kappa shape index (κ3) is 5.15. The normalized spacial score (nSPS) is 27.7.